The maximum atomic E-state index is 17.3. The molecule has 6 N–H and O–H groups in total. The van der Waals surface area contributed by atoms with Crippen molar-refractivity contribution in [2.75, 3.05) is 30.7 Å². The molecular formula is C33H37ClFN7O3. The van der Waals surface area contributed by atoms with Crippen molar-refractivity contribution in [3.05, 3.63) is 75.8 Å². The molecule has 0 spiro atoms. The van der Waals surface area contributed by atoms with Gasteiger partial charge < -0.3 is 36.1 Å². The lowest BCUT2D eigenvalue weighted by Gasteiger charge is -2.48. The smallest absolute Gasteiger partial charge is 0.246 e. The lowest BCUT2D eigenvalue weighted by atomic mass is 9.90. The average molecular weight is 634 g/mol. The molecule has 0 radical (unpaired) electrons. The van der Waals surface area contributed by atoms with Crippen molar-refractivity contribution in [1.29, 1.82) is 10.8 Å². The summed E-state index contributed by atoms with van der Waals surface area (Å²) in [5.41, 5.74) is 9.10. The van der Waals surface area contributed by atoms with E-state index in [0.29, 0.717) is 53.1 Å². The summed E-state index contributed by atoms with van der Waals surface area (Å²) in [7, 11) is 0. The molecule has 3 atom stereocenters. The fourth-order valence-electron chi connectivity index (χ4n) is 6.33. The van der Waals surface area contributed by atoms with Gasteiger partial charge in [-0.15, -0.1) is 0 Å². The first-order chi connectivity index (χ1) is 21.4. The Morgan fingerprint density at radius 3 is 2.64 bits per heavy atom. The molecule has 10 nitrogen and oxygen atoms in total. The molecule has 1 amide bonds. The van der Waals surface area contributed by atoms with Crippen LogP contribution in [0.1, 0.15) is 54.3 Å². The predicted octanol–water partition coefficient (Wildman–Crippen LogP) is 5.73. The minimum atomic E-state index is -0.986. The van der Waals surface area contributed by atoms with Gasteiger partial charge in [0.1, 0.15) is 5.84 Å². The van der Waals surface area contributed by atoms with E-state index in [9.17, 15) is 15.3 Å². The molecule has 2 aliphatic heterocycles. The normalized spacial score (nSPS) is 18.6. The van der Waals surface area contributed by atoms with Crippen molar-refractivity contribution in [1.82, 2.24) is 14.8 Å². The molecule has 45 heavy (non-hydrogen) atoms. The number of nitrogen functional groups attached to an aromatic ring is 1. The molecule has 0 bridgehead atoms. The fraction of sp³-hybridized carbons (Fsp3) is 0.333. The molecule has 5 rings (SSSR count). The molecule has 1 aromatic heterocycles. The Balaban J connectivity index is 1.81. The van der Waals surface area contributed by atoms with Gasteiger partial charge in [0, 0.05) is 60.3 Å². The zero-order chi connectivity index (χ0) is 32.7. The number of fused-ring (bicyclic) bond motifs is 2. The number of pyridine rings is 1. The molecule has 1 saturated heterocycles. The Labute approximate surface area is 266 Å². The van der Waals surface area contributed by atoms with Gasteiger partial charge in [0.25, 0.3) is 0 Å². The summed E-state index contributed by atoms with van der Waals surface area (Å²) < 4.78 is 23.6. The van der Waals surface area contributed by atoms with E-state index in [2.05, 4.69) is 16.9 Å². The number of piperazine rings is 1. The maximum Gasteiger partial charge on any atom is 0.246 e. The lowest BCUT2D eigenvalue weighted by molar-refractivity contribution is -0.129. The number of nitrogens with zero attached hydrogens (tertiary/aromatic N) is 3. The summed E-state index contributed by atoms with van der Waals surface area (Å²) in [6.45, 7) is 11.5. The van der Waals surface area contributed by atoms with Crippen molar-refractivity contribution >= 4 is 46.6 Å². The van der Waals surface area contributed by atoms with Crippen molar-refractivity contribution in [3.8, 4) is 16.9 Å². The van der Waals surface area contributed by atoms with E-state index >= 15 is 4.39 Å². The third kappa shape index (κ3) is 5.51. The second-order valence-corrected chi connectivity index (χ2v) is 11.9. The summed E-state index contributed by atoms with van der Waals surface area (Å²) in [4.78, 5) is 20.5. The van der Waals surface area contributed by atoms with Gasteiger partial charge in [-0.2, -0.15) is 0 Å². The quantitative estimate of drug-likeness (QED) is 0.132. The van der Waals surface area contributed by atoms with Crippen molar-refractivity contribution in [3.63, 3.8) is 0 Å². The molecule has 12 heteroatoms. The van der Waals surface area contributed by atoms with Crippen molar-refractivity contribution < 1.29 is 19.0 Å². The van der Waals surface area contributed by atoms with Crippen LogP contribution in [0.4, 0.5) is 21.5 Å². The summed E-state index contributed by atoms with van der Waals surface area (Å²) in [5.74, 6) is -0.906. The zero-order valence-electron chi connectivity index (χ0n) is 25.7. The molecule has 0 aliphatic carbocycles. The summed E-state index contributed by atoms with van der Waals surface area (Å²) in [6.07, 6.45) is 3.38. The van der Waals surface area contributed by atoms with E-state index in [1.165, 1.54) is 6.08 Å². The molecule has 3 aromatic rings. The van der Waals surface area contributed by atoms with E-state index in [4.69, 9.17) is 27.5 Å². The number of aliphatic hydroxyl groups excluding tert-OH is 1. The minimum absolute atomic E-state index is 0.0271. The Morgan fingerprint density at radius 2 is 1.98 bits per heavy atom. The van der Waals surface area contributed by atoms with Crippen LogP contribution >= 0.6 is 11.6 Å². The number of aryl methyl sites for hydroxylation is 2. The van der Waals surface area contributed by atoms with Crippen LogP contribution in [-0.4, -0.2) is 69.6 Å². The van der Waals surface area contributed by atoms with Crippen LogP contribution in [0.5, 0.6) is 5.75 Å². The zero-order valence-corrected chi connectivity index (χ0v) is 26.4. The third-order valence-corrected chi connectivity index (χ3v) is 8.87. The molecule has 3 unspecified atom stereocenters. The number of nitrogens with one attached hydrogen (secondary N) is 3. The van der Waals surface area contributed by atoms with Gasteiger partial charge in [-0.1, -0.05) is 24.2 Å². The van der Waals surface area contributed by atoms with E-state index in [-0.39, 0.29) is 63.7 Å². The number of anilines is 3. The van der Waals surface area contributed by atoms with Crippen LogP contribution in [0.2, 0.25) is 5.02 Å². The van der Waals surface area contributed by atoms with Crippen molar-refractivity contribution in [2.45, 2.75) is 52.3 Å². The first-order valence-corrected chi connectivity index (χ1v) is 15.1. The van der Waals surface area contributed by atoms with Gasteiger partial charge in [-0.25, -0.2) is 4.39 Å². The van der Waals surface area contributed by atoms with E-state index in [0.717, 1.165) is 6.21 Å². The number of benzene rings is 2. The highest BCUT2D eigenvalue weighted by Crippen LogP contribution is 2.49. The van der Waals surface area contributed by atoms with E-state index in [1.807, 2.05) is 11.8 Å². The largest absolute Gasteiger partial charge is 0.491 e. The SMILES string of the molecule is C=CC(=O)N1CC(C)N2C(=N)c3c(Nc4c(C)ccnc4C(C)O)c(F)c(-c4c(C)ccc(N)c4C=N)c(Cl)c3OCCC2C1. The molecule has 0 saturated carbocycles. The van der Waals surface area contributed by atoms with Crippen molar-refractivity contribution in [2.24, 2.45) is 0 Å². The highest BCUT2D eigenvalue weighted by Gasteiger charge is 2.40. The van der Waals surface area contributed by atoms with Gasteiger partial charge in [-0.3, -0.25) is 15.2 Å². The van der Waals surface area contributed by atoms with Crippen LogP contribution in [0.3, 0.4) is 0 Å². The molecular weight excluding hydrogens is 597 g/mol. The Kier molecular flexibility index (Phi) is 8.86. The number of nitrogens with two attached hydrogens (primary N) is 1. The predicted molar refractivity (Wildman–Crippen MR) is 176 cm³/mol. The number of carbonyl (C=O) groups is 1. The Morgan fingerprint density at radius 1 is 1.24 bits per heavy atom. The van der Waals surface area contributed by atoms with Gasteiger partial charge in [0.15, 0.2) is 11.6 Å². The van der Waals surface area contributed by atoms with Crippen LogP contribution in [-0.2, 0) is 4.79 Å². The molecule has 1 fully saturated rings. The fourth-order valence-corrected chi connectivity index (χ4v) is 6.66. The summed E-state index contributed by atoms with van der Waals surface area (Å²) in [6, 6.07) is 4.52. The molecule has 236 valence electrons. The Bertz CT molecular complexity index is 1730. The number of halogens is 2. The second kappa shape index (κ2) is 12.5. The monoisotopic (exact) mass is 633 g/mol. The van der Waals surface area contributed by atoms with Gasteiger partial charge in [0.2, 0.25) is 5.91 Å². The van der Waals surface area contributed by atoms with Crippen LogP contribution < -0.4 is 15.8 Å². The molecule has 2 aromatic carbocycles. The number of aliphatic hydroxyl groups is 1. The number of rotatable bonds is 6. The average Bonchev–Trinajstić information content (AvgIpc) is 2.99. The number of amidine groups is 1. The lowest BCUT2D eigenvalue weighted by Crippen LogP contribution is -2.61. The number of hydrogen-bond donors (Lipinski definition) is 5. The third-order valence-electron chi connectivity index (χ3n) is 8.51. The first kappa shape index (κ1) is 31.9. The molecule has 2 aliphatic rings. The first-order valence-electron chi connectivity index (χ1n) is 14.7. The van der Waals surface area contributed by atoms with E-state index in [1.54, 1.807) is 50.1 Å². The summed E-state index contributed by atoms with van der Waals surface area (Å²) >= 11 is 7.05. The highest BCUT2D eigenvalue weighted by molar-refractivity contribution is 6.36. The van der Waals surface area contributed by atoms with Crippen LogP contribution in [0, 0.1) is 30.5 Å². The van der Waals surface area contributed by atoms with Crippen LogP contribution in [0.15, 0.2) is 37.1 Å². The van der Waals surface area contributed by atoms with Crippen LogP contribution in [0.25, 0.3) is 11.1 Å². The standard InChI is InChI=1S/C33H37ClFN7O3/c1-6-23(44)41-14-18(4)42-20(15-41)10-12-45-32-26(33(42)38)31(40-29-17(3)9-11-39-30(29)19(5)43)28(35)25(27(32)34)24-16(2)7-8-22(37)21(24)13-36/h6-9,11,13,18-20,36,38,40,43H,1,10,12,14-15,37H2,2-5H3. The molecule has 3 heterocycles. The van der Waals surface area contributed by atoms with E-state index < -0.39 is 11.9 Å². The van der Waals surface area contributed by atoms with Gasteiger partial charge in [0.05, 0.1) is 46.4 Å². The topological polar surface area (TPSA) is 152 Å². The number of aromatic nitrogens is 1. The van der Waals surface area contributed by atoms with Gasteiger partial charge >= 0.3 is 0 Å². The minimum Gasteiger partial charge on any atom is -0.491 e. The second-order valence-electron chi connectivity index (χ2n) is 11.5. The number of carbonyl (C=O) groups excluding carboxylic acids is 1. The Hall–Kier alpha value is -4.48. The maximum absolute atomic E-state index is 17.3. The van der Waals surface area contributed by atoms with Gasteiger partial charge in [-0.05, 0) is 57.0 Å². The number of amides is 1. The summed E-state index contributed by atoms with van der Waals surface area (Å²) in [5, 5.41) is 31.3. The number of ether oxygens (including phenoxy) is 1. The highest BCUT2D eigenvalue weighted by atomic mass is 35.5. The number of hydrogen-bond acceptors (Lipinski definition) is 8.